The van der Waals surface area contributed by atoms with Gasteiger partial charge in [0.05, 0.1) is 18.6 Å². The van der Waals surface area contributed by atoms with E-state index in [9.17, 15) is 10.1 Å². The zero-order valence-electron chi connectivity index (χ0n) is 12.1. The Balaban J connectivity index is 2.14. The maximum Gasteiger partial charge on any atom is 0.243 e. The lowest BCUT2D eigenvalue weighted by Gasteiger charge is -2.42. The molecule has 1 aliphatic carbocycles. The lowest BCUT2D eigenvalue weighted by atomic mass is 9.62. The first-order valence-corrected chi connectivity index (χ1v) is 7.08. The first-order valence-electron chi connectivity index (χ1n) is 7.08. The van der Waals surface area contributed by atoms with Crippen LogP contribution in [-0.2, 0) is 11.3 Å². The van der Waals surface area contributed by atoms with Crippen molar-refractivity contribution in [3.63, 3.8) is 0 Å². The molecule has 1 fully saturated rings. The summed E-state index contributed by atoms with van der Waals surface area (Å²) in [7, 11) is 0. The molecule has 1 heterocycles. The van der Waals surface area contributed by atoms with Crippen LogP contribution >= 0.6 is 0 Å². The van der Waals surface area contributed by atoms with E-state index in [0.29, 0.717) is 31.8 Å². The van der Waals surface area contributed by atoms with E-state index in [1.807, 2.05) is 19.1 Å². The van der Waals surface area contributed by atoms with Crippen LogP contribution in [0.4, 0.5) is 0 Å². The van der Waals surface area contributed by atoms with E-state index in [1.54, 1.807) is 17.3 Å². The monoisotopic (exact) mass is 282 g/mol. The van der Waals surface area contributed by atoms with Crippen LogP contribution in [0.2, 0.25) is 0 Å². The van der Waals surface area contributed by atoms with Crippen molar-refractivity contribution in [2.45, 2.75) is 32.7 Å². The van der Waals surface area contributed by atoms with Gasteiger partial charge in [0.2, 0.25) is 5.91 Å². The second kappa shape index (κ2) is 6.37. The SMILES string of the molecule is CC1CC(C#N)(C(=O)N(CCC#N)Cc2cccnc2)C1. The smallest absolute Gasteiger partial charge is 0.243 e. The summed E-state index contributed by atoms with van der Waals surface area (Å²) >= 11 is 0. The second-order valence-corrected chi connectivity index (χ2v) is 5.70. The van der Waals surface area contributed by atoms with E-state index in [4.69, 9.17) is 5.26 Å². The molecule has 0 aliphatic heterocycles. The van der Waals surface area contributed by atoms with Gasteiger partial charge >= 0.3 is 0 Å². The number of rotatable bonds is 5. The molecule has 1 saturated carbocycles. The molecule has 1 amide bonds. The Morgan fingerprint density at radius 2 is 2.29 bits per heavy atom. The van der Waals surface area contributed by atoms with Gasteiger partial charge < -0.3 is 4.90 Å². The molecular weight excluding hydrogens is 264 g/mol. The Kier molecular flexibility index (Phi) is 4.55. The Bertz CT molecular complexity index is 579. The molecule has 1 aromatic rings. The van der Waals surface area contributed by atoms with Crippen molar-refractivity contribution in [1.29, 1.82) is 10.5 Å². The Hall–Kier alpha value is -2.40. The van der Waals surface area contributed by atoms with Crippen molar-refractivity contribution in [2.75, 3.05) is 6.54 Å². The van der Waals surface area contributed by atoms with E-state index in [1.165, 1.54) is 0 Å². The highest BCUT2D eigenvalue weighted by Crippen LogP contribution is 2.46. The van der Waals surface area contributed by atoms with Gasteiger partial charge in [-0.25, -0.2) is 0 Å². The minimum Gasteiger partial charge on any atom is -0.336 e. The number of amides is 1. The second-order valence-electron chi connectivity index (χ2n) is 5.70. The average molecular weight is 282 g/mol. The van der Waals surface area contributed by atoms with Crippen molar-refractivity contribution in [3.05, 3.63) is 30.1 Å². The number of hydrogen-bond donors (Lipinski definition) is 0. The molecular formula is C16H18N4O. The molecule has 0 unspecified atom stereocenters. The molecule has 5 nitrogen and oxygen atoms in total. The van der Waals surface area contributed by atoms with Crippen molar-refractivity contribution in [2.24, 2.45) is 11.3 Å². The fourth-order valence-corrected chi connectivity index (χ4v) is 2.90. The Morgan fingerprint density at radius 1 is 1.52 bits per heavy atom. The summed E-state index contributed by atoms with van der Waals surface area (Å²) in [6.45, 7) is 2.79. The van der Waals surface area contributed by atoms with Crippen LogP contribution in [-0.4, -0.2) is 22.3 Å². The van der Waals surface area contributed by atoms with Crippen molar-refractivity contribution >= 4 is 5.91 Å². The molecule has 0 aromatic carbocycles. The molecule has 108 valence electrons. The normalized spacial score (nSPS) is 23.5. The van der Waals surface area contributed by atoms with Crippen LogP contribution in [0.3, 0.4) is 0 Å². The molecule has 0 radical (unpaired) electrons. The van der Waals surface area contributed by atoms with Gasteiger partial charge in [0.1, 0.15) is 5.41 Å². The molecule has 0 saturated heterocycles. The lowest BCUT2D eigenvalue weighted by Crippen LogP contribution is -2.50. The number of nitriles is 2. The van der Waals surface area contributed by atoms with Gasteiger partial charge in [-0.2, -0.15) is 10.5 Å². The zero-order chi connectivity index (χ0) is 15.3. The number of nitrogens with zero attached hydrogens (tertiary/aromatic N) is 4. The fourth-order valence-electron chi connectivity index (χ4n) is 2.90. The summed E-state index contributed by atoms with van der Waals surface area (Å²) < 4.78 is 0. The Labute approximate surface area is 124 Å². The number of hydrogen-bond acceptors (Lipinski definition) is 4. The van der Waals surface area contributed by atoms with Crippen molar-refractivity contribution < 1.29 is 4.79 Å². The van der Waals surface area contributed by atoms with Gasteiger partial charge in [-0.05, 0) is 30.4 Å². The van der Waals surface area contributed by atoms with E-state index >= 15 is 0 Å². The van der Waals surface area contributed by atoms with Gasteiger partial charge in [-0.15, -0.1) is 0 Å². The highest BCUT2D eigenvalue weighted by atomic mass is 16.2. The summed E-state index contributed by atoms with van der Waals surface area (Å²) in [5.41, 5.74) is 0.0149. The maximum atomic E-state index is 12.7. The average Bonchev–Trinajstić information content (AvgIpc) is 2.48. The van der Waals surface area contributed by atoms with E-state index in [2.05, 4.69) is 17.1 Å². The van der Waals surface area contributed by atoms with Crippen LogP contribution in [0.5, 0.6) is 0 Å². The fraction of sp³-hybridized carbons (Fsp3) is 0.500. The van der Waals surface area contributed by atoms with Crippen LogP contribution in [0, 0.1) is 34.0 Å². The van der Waals surface area contributed by atoms with Gasteiger partial charge in [-0.3, -0.25) is 9.78 Å². The highest BCUT2D eigenvalue weighted by molar-refractivity contribution is 5.86. The number of aromatic nitrogens is 1. The van der Waals surface area contributed by atoms with Gasteiger partial charge in [0, 0.05) is 25.5 Å². The summed E-state index contributed by atoms with van der Waals surface area (Å²) in [5, 5.41) is 18.2. The van der Waals surface area contributed by atoms with Gasteiger partial charge in [-0.1, -0.05) is 13.0 Å². The summed E-state index contributed by atoms with van der Waals surface area (Å²) in [5.74, 6) is 0.256. The van der Waals surface area contributed by atoms with Crippen molar-refractivity contribution in [3.8, 4) is 12.1 Å². The van der Waals surface area contributed by atoms with E-state index in [0.717, 1.165) is 5.56 Å². The predicted octanol–water partition coefficient (Wildman–Crippen LogP) is 2.26. The molecule has 1 aliphatic rings. The molecule has 0 spiro atoms. The van der Waals surface area contributed by atoms with Gasteiger partial charge in [0.15, 0.2) is 0 Å². The highest BCUT2D eigenvalue weighted by Gasteiger charge is 2.50. The zero-order valence-corrected chi connectivity index (χ0v) is 12.1. The van der Waals surface area contributed by atoms with E-state index in [-0.39, 0.29) is 12.3 Å². The predicted molar refractivity (Wildman–Crippen MR) is 76.3 cm³/mol. The number of carbonyl (C=O) groups is 1. The Morgan fingerprint density at radius 3 is 2.81 bits per heavy atom. The topological polar surface area (TPSA) is 80.8 Å². The first kappa shape index (κ1) is 15.0. The first-order chi connectivity index (χ1) is 10.1. The summed E-state index contributed by atoms with van der Waals surface area (Å²) in [6.07, 6.45) is 4.87. The largest absolute Gasteiger partial charge is 0.336 e. The third-order valence-electron chi connectivity index (χ3n) is 3.89. The minimum atomic E-state index is -0.892. The number of pyridine rings is 1. The van der Waals surface area contributed by atoms with Crippen LogP contribution in [0.25, 0.3) is 0 Å². The maximum absolute atomic E-state index is 12.7. The quantitative estimate of drug-likeness (QED) is 0.829. The molecule has 1 aromatic heterocycles. The molecule has 21 heavy (non-hydrogen) atoms. The number of carbonyl (C=O) groups excluding carboxylic acids is 1. The van der Waals surface area contributed by atoms with Crippen molar-refractivity contribution in [1.82, 2.24) is 9.88 Å². The van der Waals surface area contributed by atoms with Crippen LogP contribution in [0.1, 0.15) is 31.7 Å². The molecule has 0 bridgehead atoms. The summed E-state index contributed by atoms with van der Waals surface area (Å²) in [4.78, 5) is 18.4. The minimum absolute atomic E-state index is 0.151. The summed E-state index contributed by atoms with van der Waals surface area (Å²) in [6, 6.07) is 7.96. The van der Waals surface area contributed by atoms with Crippen LogP contribution < -0.4 is 0 Å². The third kappa shape index (κ3) is 3.20. The van der Waals surface area contributed by atoms with E-state index < -0.39 is 5.41 Å². The standard InChI is InChI=1S/C16H18N4O/c1-13-8-16(9-13,12-18)15(21)20(7-3-5-17)11-14-4-2-6-19-10-14/h2,4,6,10,13H,3,7-9,11H2,1H3. The molecule has 5 heteroatoms. The van der Waals surface area contributed by atoms with Gasteiger partial charge in [0.25, 0.3) is 0 Å². The third-order valence-corrected chi connectivity index (χ3v) is 3.89. The molecule has 2 rings (SSSR count). The lowest BCUT2D eigenvalue weighted by molar-refractivity contribution is -0.145. The molecule has 0 atom stereocenters. The molecule has 0 N–H and O–H groups in total. The van der Waals surface area contributed by atoms with Crippen LogP contribution in [0.15, 0.2) is 24.5 Å².